The zero-order chi connectivity index (χ0) is 94.8. The molecule has 2 heterocycles. The number of nitrogens with zero attached hydrogens (tertiary/aromatic N) is 2. The quantitative estimate of drug-likeness (QED) is 0.0385. The third-order valence-electron chi connectivity index (χ3n) is 27.0. The van der Waals surface area contributed by atoms with Gasteiger partial charge in [0.05, 0.1) is 22.1 Å². The van der Waals surface area contributed by atoms with E-state index in [0.29, 0.717) is 74.0 Å². The summed E-state index contributed by atoms with van der Waals surface area (Å²) in [6, 6.07) is 122. The van der Waals surface area contributed by atoms with Crippen molar-refractivity contribution in [3.05, 3.63) is 431 Å². The fraction of sp³-hybridized carbons (Fsp3) is 0.250. The summed E-state index contributed by atoms with van der Waals surface area (Å²) in [5.74, 6) is 3.99. The summed E-state index contributed by atoms with van der Waals surface area (Å²) in [6.07, 6.45) is 25.1. The van der Waals surface area contributed by atoms with Crippen molar-refractivity contribution >= 4 is 227 Å². The molecule has 0 saturated heterocycles. The molecular weight excluding hydrogens is 2240 g/mol. The number of carbonyl (C=O) groups is 4. The second kappa shape index (κ2) is 51.1. The number of para-hydroxylation sites is 4. The minimum atomic E-state index is -0.359. The van der Waals surface area contributed by atoms with Crippen LogP contribution in [0.2, 0.25) is 0 Å². The fourth-order valence-electron chi connectivity index (χ4n) is 20.3. The van der Waals surface area contributed by atoms with E-state index in [4.69, 9.17) is 23.2 Å². The van der Waals surface area contributed by atoms with Gasteiger partial charge in [-0.2, -0.15) is 0 Å². The lowest BCUT2D eigenvalue weighted by molar-refractivity contribution is -0.113. The molecule has 3 unspecified atom stereocenters. The van der Waals surface area contributed by atoms with Gasteiger partial charge in [0.1, 0.15) is 0 Å². The molecule has 6 atom stereocenters. The molecule has 3 fully saturated rings. The third-order valence-corrected chi connectivity index (χ3v) is 31.7. The van der Waals surface area contributed by atoms with Crippen LogP contribution in [0.15, 0.2) is 375 Å². The van der Waals surface area contributed by atoms with Gasteiger partial charge in [-0.3, -0.25) is 19.2 Å². The highest BCUT2D eigenvalue weighted by molar-refractivity contribution is 9.11. The standard InChI is InChI=1S/2C30H26BrN.C18H16Br2O2.C18H18Br2.C18H16Br2.C6H8Cl2O2/c2*31-23-17-13-21(14-18-23)25-7-1-2-8-26(25)22-15-19-24(20-16-22)32-29-11-5-3-9-27(29)28-10-4-6-12-30(28)32;19-15-9-5-13(6-10-15)17(21)3-1-2-4-18(22)14-7-11-16(20)12-8-14;2*19-15-9-5-13(6-10-15)17-3-1-2-4-18(17)14-7-11-16(20)12-8-14;7-5(9)3-1-2-4-6(8)10/h2*3-6,9-20,25-26H,1-2,7-8H2;5-12H,1-4H2;5-12,17-18H,1-4H2;5-12H,1-4H2;1-4H2/t2*25?,26-;;17-,18?;;/m11.1../s1. The first-order valence-electron chi connectivity index (χ1n) is 47.6. The van der Waals surface area contributed by atoms with Gasteiger partial charge in [0, 0.05) is 106 Å². The van der Waals surface area contributed by atoms with Gasteiger partial charge in [0.2, 0.25) is 10.5 Å². The van der Waals surface area contributed by atoms with E-state index in [-0.39, 0.29) is 22.1 Å². The van der Waals surface area contributed by atoms with Crippen LogP contribution >= 0.6 is 151 Å². The zero-order valence-electron chi connectivity index (χ0n) is 76.1. The van der Waals surface area contributed by atoms with E-state index in [0.717, 1.165) is 59.8 Å². The monoisotopic (exact) mass is 2340 g/mol. The second-order valence-corrected chi connectivity index (χ2v) is 44.0. The number of fused-ring (bicyclic) bond motifs is 6. The highest BCUT2D eigenvalue weighted by Gasteiger charge is 2.32. The largest absolute Gasteiger partial charge is 0.309 e. The van der Waals surface area contributed by atoms with E-state index in [2.05, 4.69) is 428 Å². The van der Waals surface area contributed by atoms with Crippen LogP contribution in [0.5, 0.6) is 0 Å². The minimum absolute atomic E-state index is 0.128. The third kappa shape index (κ3) is 27.6. The fourth-order valence-corrected chi connectivity index (χ4v) is 22.7. The van der Waals surface area contributed by atoms with Crippen molar-refractivity contribution in [1.82, 2.24) is 9.13 Å². The Balaban J connectivity index is 0.000000128. The maximum atomic E-state index is 12.0. The summed E-state index contributed by atoms with van der Waals surface area (Å²) >= 11 is 38.0. The molecule has 16 heteroatoms. The van der Waals surface area contributed by atoms with Crippen LogP contribution in [-0.4, -0.2) is 31.2 Å². The normalized spacial score (nSPS) is 16.9. The van der Waals surface area contributed by atoms with Crippen LogP contribution in [-0.2, 0) is 9.59 Å². The van der Waals surface area contributed by atoms with Gasteiger partial charge >= 0.3 is 0 Å². The number of ketones is 2. The summed E-state index contributed by atoms with van der Waals surface area (Å²) in [5, 5.41) is 4.54. The summed E-state index contributed by atoms with van der Waals surface area (Å²) in [7, 11) is 0. The van der Waals surface area contributed by atoms with Gasteiger partial charge < -0.3 is 9.13 Å². The van der Waals surface area contributed by atoms with Gasteiger partial charge in [-0.1, -0.05) is 360 Å². The predicted octanol–water partition coefficient (Wildman–Crippen LogP) is 39.2. The molecule has 0 bridgehead atoms. The number of aromatic nitrogens is 2. The molecule has 136 heavy (non-hydrogen) atoms. The predicted molar refractivity (Wildman–Crippen MR) is 599 cm³/mol. The van der Waals surface area contributed by atoms with E-state index in [9.17, 15) is 19.2 Å². The highest BCUT2D eigenvalue weighted by Crippen LogP contribution is 2.49. The van der Waals surface area contributed by atoms with Gasteiger partial charge in [0.15, 0.2) is 11.6 Å². The molecule has 6 nitrogen and oxygen atoms in total. The Morgan fingerprint density at radius 3 is 0.662 bits per heavy atom. The van der Waals surface area contributed by atoms with Gasteiger partial charge in [-0.15, -0.1) is 0 Å². The van der Waals surface area contributed by atoms with Crippen LogP contribution in [0.1, 0.15) is 255 Å². The molecule has 0 amide bonds. The molecule has 0 spiro atoms. The number of allylic oxidation sites excluding steroid dienone is 2. The first-order valence-corrected chi connectivity index (χ1v) is 54.7. The van der Waals surface area contributed by atoms with Gasteiger partial charge in [-0.05, 0) is 350 Å². The lowest BCUT2D eigenvalue weighted by atomic mass is 9.72. The SMILES string of the molecule is Brc1ccc(C2=C(c3ccc(Br)cc3)CCCC2)cc1.Brc1ccc(C2CCCC[C@@H]2c2ccc(-n3c4ccccc4c4ccccc43)cc2)cc1.Brc1ccc(C2CCCC[C@@H]2c2ccc(-n3c4ccccc4c4ccccc43)cc2)cc1.Brc1ccc(C2CCCC[C@@H]2c2ccc(Br)cc2)cc1.O=C(CCCCC(=O)c1ccc(Br)cc1)c1ccc(Br)cc1.O=C(Cl)CCCCC(=O)Cl. The average Bonchev–Trinajstić information content (AvgIpc) is 1.60. The van der Waals surface area contributed by atoms with Crippen molar-refractivity contribution in [2.45, 2.75) is 190 Å². The van der Waals surface area contributed by atoms with E-state index >= 15 is 0 Å². The van der Waals surface area contributed by atoms with Crippen LogP contribution in [0.3, 0.4) is 0 Å². The molecule has 2 aromatic heterocycles. The molecular formula is C120H110Br8Cl2N2O4. The molecule has 694 valence electrons. The number of unbranched alkanes of at least 4 members (excludes halogenated alkanes) is 2. The first-order chi connectivity index (χ1) is 66.2. The first kappa shape index (κ1) is 102. The smallest absolute Gasteiger partial charge is 0.221 e. The molecule has 14 aromatic carbocycles. The number of carbonyl (C=O) groups excluding carboxylic acids is 4. The van der Waals surface area contributed by atoms with Crippen molar-refractivity contribution in [2.24, 2.45) is 0 Å². The van der Waals surface area contributed by atoms with E-state index in [1.807, 2.05) is 48.5 Å². The van der Waals surface area contributed by atoms with Crippen molar-refractivity contribution in [2.75, 3.05) is 0 Å². The number of halogens is 10. The Hall–Kier alpha value is -8.48. The average molecular weight is 2350 g/mol. The van der Waals surface area contributed by atoms with Crippen molar-refractivity contribution in [3.8, 4) is 11.4 Å². The second-order valence-electron chi connectivity index (χ2n) is 35.8. The number of hydrogen-bond donors (Lipinski definition) is 0. The van der Waals surface area contributed by atoms with E-state index < -0.39 is 0 Å². The summed E-state index contributed by atoms with van der Waals surface area (Å²) < 4.78 is 13.7. The lowest BCUT2D eigenvalue weighted by Crippen LogP contribution is -2.16. The molecule has 0 radical (unpaired) electrons. The lowest BCUT2D eigenvalue weighted by Gasteiger charge is -2.32. The Bertz CT molecular complexity index is 6170. The van der Waals surface area contributed by atoms with Gasteiger partial charge in [0.25, 0.3) is 0 Å². The van der Waals surface area contributed by atoms with Crippen LogP contribution in [0, 0.1) is 0 Å². The van der Waals surface area contributed by atoms with Crippen LogP contribution in [0.25, 0.3) is 66.1 Å². The van der Waals surface area contributed by atoms with Crippen molar-refractivity contribution in [1.29, 1.82) is 0 Å². The Morgan fingerprint density at radius 2 is 0.434 bits per heavy atom. The molecule has 4 aliphatic rings. The number of benzene rings is 14. The van der Waals surface area contributed by atoms with Crippen LogP contribution < -0.4 is 0 Å². The maximum Gasteiger partial charge on any atom is 0.221 e. The summed E-state index contributed by atoms with van der Waals surface area (Å²) in [5.41, 5.74) is 23.7. The highest BCUT2D eigenvalue weighted by atomic mass is 79.9. The van der Waals surface area contributed by atoms with Gasteiger partial charge in [-0.25, -0.2) is 0 Å². The minimum Gasteiger partial charge on any atom is -0.309 e. The molecule has 20 rings (SSSR count). The molecule has 0 aliphatic heterocycles. The molecule has 0 N–H and O–H groups in total. The Labute approximate surface area is 878 Å². The molecule has 16 aromatic rings. The molecule has 3 saturated carbocycles. The summed E-state index contributed by atoms with van der Waals surface area (Å²) in [6.45, 7) is 0. The summed E-state index contributed by atoms with van der Waals surface area (Å²) in [4.78, 5) is 44.3. The Kier molecular flexibility index (Phi) is 38.3. The van der Waals surface area contributed by atoms with E-state index in [1.54, 1.807) is 0 Å². The topological polar surface area (TPSA) is 78.1 Å². The van der Waals surface area contributed by atoms with Crippen molar-refractivity contribution in [3.63, 3.8) is 0 Å². The number of rotatable bonds is 22. The maximum absolute atomic E-state index is 12.0. The van der Waals surface area contributed by atoms with Crippen molar-refractivity contribution < 1.29 is 19.2 Å². The number of hydrogen-bond acceptors (Lipinski definition) is 4. The molecule has 4 aliphatic carbocycles. The zero-order valence-corrected chi connectivity index (χ0v) is 90.3. The number of Topliss-reactive ketones (excluding diaryl/α,β-unsaturated/α-hetero) is 2. The van der Waals surface area contributed by atoms with Crippen LogP contribution in [0.4, 0.5) is 0 Å². The Morgan fingerprint density at radius 1 is 0.235 bits per heavy atom. The van der Waals surface area contributed by atoms with E-state index in [1.165, 1.54) is 213 Å².